The number of benzene rings is 2. The molecule has 0 spiro atoms. The van der Waals surface area contributed by atoms with Crippen molar-refractivity contribution >= 4 is 28.9 Å². The van der Waals surface area contributed by atoms with Crippen LogP contribution in [0, 0.1) is 0 Å². The van der Waals surface area contributed by atoms with E-state index in [2.05, 4.69) is 38.1 Å². The zero-order valence-electron chi connectivity index (χ0n) is 19.9. The molecule has 174 valence electrons. The van der Waals surface area contributed by atoms with E-state index in [4.69, 9.17) is 16.3 Å². The summed E-state index contributed by atoms with van der Waals surface area (Å²) in [4.78, 5) is 11.6. The quantitative estimate of drug-likeness (QED) is 0.130. The third-order valence-electron chi connectivity index (χ3n) is 5.43. The summed E-state index contributed by atoms with van der Waals surface area (Å²) < 4.78 is 5.80. The van der Waals surface area contributed by atoms with E-state index in [1.807, 2.05) is 24.3 Å². The molecule has 0 aliphatic heterocycles. The van der Waals surface area contributed by atoms with E-state index in [-0.39, 0.29) is 19.5 Å². The van der Waals surface area contributed by atoms with Crippen LogP contribution in [-0.4, -0.2) is 4.89 Å². The molecule has 1 unspecified atom stereocenters. The van der Waals surface area contributed by atoms with Gasteiger partial charge in [0.25, 0.3) is 5.69 Å². The van der Waals surface area contributed by atoms with Crippen molar-refractivity contribution in [1.29, 1.82) is 0 Å². The van der Waals surface area contributed by atoms with Crippen molar-refractivity contribution in [3.8, 4) is 5.75 Å². The first-order chi connectivity index (χ1) is 15.0. The number of rotatable bonds is 16. The van der Waals surface area contributed by atoms with E-state index in [0.29, 0.717) is 5.75 Å². The predicted molar refractivity (Wildman–Crippen MR) is 141 cm³/mol. The minimum absolute atomic E-state index is 0. The Morgan fingerprint density at radius 3 is 1.62 bits per heavy atom. The molecule has 2 aromatic rings. The minimum Gasteiger partial charge on any atom is -0.436 e. The summed E-state index contributed by atoms with van der Waals surface area (Å²) in [5, 5.41) is 0. The van der Waals surface area contributed by atoms with Crippen LogP contribution in [0.5, 0.6) is 5.75 Å². The summed E-state index contributed by atoms with van der Waals surface area (Å²) in [5.74, 6) is 0.650. The van der Waals surface area contributed by atoms with Gasteiger partial charge in [-0.05, 0) is 84.3 Å². The van der Waals surface area contributed by atoms with Crippen LogP contribution in [0.4, 0.5) is 0 Å². The van der Waals surface area contributed by atoms with Gasteiger partial charge in [0.1, 0.15) is 5.75 Å². The maximum atomic E-state index is 10.7. The van der Waals surface area contributed by atoms with Crippen LogP contribution in [0.2, 0.25) is 0 Å². The van der Waals surface area contributed by atoms with Crippen molar-refractivity contribution in [2.75, 3.05) is 0 Å². The van der Waals surface area contributed by atoms with Gasteiger partial charge in [-0.1, -0.05) is 89.5 Å². The van der Waals surface area contributed by atoms with Gasteiger partial charge in [0.15, 0.2) is 0 Å². The molecule has 0 aliphatic carbocycles. The summed E-state index contributed by atoms with van der Waals surface area (Å²) in [6, 6.07) is 16.4. The Morgan fingerprint density at radius 2 is 1.16 bits per heavy atom. The van der Waals surface area contributed by atoms with Crippen molar-refractivity contribution in [3.63, 3.8) is 0 Å². The summed E-state index contributed by atoms with van der Waals surface area (Å²) in [7, 11) is 0. The van der Waals surface area contributed by atoms with Gasteiger partial charge < -0.3 is 9.42 Å². The smallest absolute Gasteiger partial charge is 0.299 e. The fraction of sp³-hybridized carbons (Fsp3) is 0.538. The van der Waals surface area contributed by atoms with E-state index in [1.54, 1.807) is 0 Å². The monoisotopic (exact) mass is 542 g/mol. The van der Waals surface area contributed by atoms with Crippen LogP contribution in [0.15, 0.2) is 53.4 Å². The molecule has 0 fully saturated rings. The molecule has 2 nitrogen and oxygen atoms in total. The average molecular weight is 544 g/mol. The fourth-order valence-electron chi connectivity index (χ4n) is 3.58. The number of hydrogen-bond acceptors (Lipinski definition) is 3. The van der Waals surface area contributed by atoms with Crippen LogP contribution in [0.25, 0.3) is 0 Å². The molecular weight excluding hydrogens is 505 g/mol. The normalized spacial score (nSPS) is 12.7. The molecule has 0 heterocycles. The Bertz CT molecular complexity index is 718. The first-order valence-electron chi connectivity index (χ1n) is 11.9. The molecule has 1 N–H and O–H groups in total. The fourth-order valence-corrected chi connectivity index (χ4v) is 7.10. The Morgan fingerprint density at radius 1 is 0.719 bits per heavy atom. The van der Waals surface area contributed by atoms with Crippen molar-refractivity contribution < 1.29 is 28.9 Å². The average Bonchev–Trinajstić information content (AvgIpc) is 2.75. The van der Waals surface area contributed by atoms with Gasteiger partial charge >= 0.3 is 0 Å². The SMILES string of the molecule is CCCCCCCc1ccc(OP(O)(=S)Sc2ccc(CCCCCCC)cc2)cc1.[Zn]. The second kappa shape index (κ2) is 17.3. The molecule has 0 amide bonds. The number of unbranched alkanes of at least 4 members (excludes halogenated alkanes) is 8. The van der Waals surface area contributed by atoms with E-state index in [0.717, 1.165) is 17.7 Å². The van der Waals surface area contributed by atoms with Crippen molar-refractivity contribution in [2.24, 2.45) is 0 Å². The third-order valence-corrected chi connectivity index (χ3v) is 9.02. The maximum absolute atomic E-state index is 10.7. The zero-order valence-corrected chi connectivity index (χ0v) is 25.4. The molecule has 0 aromatic heterocycles. The van der Waals surface area contributed by atoms with E-state index < -0.39 is 5.69 Å². The summed E-state index contributed by atoms with van der Waals surface area (Å²) in [5.41, 5.74) is -0.326. The Hall–Kier alpha value is -0.177. The Kier molecular flexibility index (Phi) is 16.1. The molecule has 0 radical (unpaired) electrons. The van der Waals surface area contributed by atoms with Crippen LogP contribution in [-0.2, 0) is 44.1 Å². The molecule has 2 aromatic carbocycles. The largest absolute Gasteiger partial charge is 0.436 e. The second-order valence-electron chi connectivity index (χ2n) is 8.27. The van der Waals surface area contributed by atoms with Crippen molar-refractivity contribution in [3.05, 3.63) is 59.7 Å². The first-order valence-corrected chi connectivity index (χ1v) is 16.0. The molecule has 32 heavy (non-hydrogen) atoms. The summed E-state index contributed by atoms with van der Waals surface area (Å²) in [6.45, 7) is 4.49. The molecule has 0 bridgehead atoms. The van der Waals surface area contributed by atoms with Crippen molar-refractivity contribution in [1.82, 2.24) is 0 Å². The summed E-state index contributed by atoms with van der Waals surface area (Å²) in [6.07, 6.45) is 15.1. The number of aryl methyl sites for hydroxylation is 2. The second-order valence-corrected chi connectivity index (χ2v) is 14.3. The molecule has 6 heteroatoms. The molecule has 0 aliphatic rings. The van der Waals surface area contributed by atoms with Gasteiger partial charge in [-0.2, -0.15) is 0 Å². The first kappa shape index (κ1) is 29.9. The Labute approximate surface area is 218 Å². The van der Waals surface area contributed by atoms with E-state index >= 15 is 0 Å². The van der Waals surface area contributed by atoms with Gasteiger partial charge in [0.05, 0.1) is 0 Å². The van der Waals surface area contributed by atoms with Crippen LogP contribution in [0.3, 0.4) is 0 Å². The standard InChI is InChI=1S/C26H39O2PS2.Zn/c1-3-5-7-9-11-13-23-15-19-25(20-16-23)28-29(27,30)31-26-21-17-24(18-22-26)14-12-10-8-6-4-2;/h15-22H,3-14H2,1-2H3,(H,27,30);. The predicted octanol–water partition coefficient (Wildman–Crippen LogP) is 9.10. The minimum atomic E-state index is -2.98. The number of hydrogen-bond donors (Lipinski definition) is 1. The van der Waals surface area contributed by atoms with Crippen LogP contribution < -0.4 is 4.52 Å². The molecular formula is C26H39O2PS2Zn. The van der Waals surface area contributed by atoms with Crippen LogP contribution >= 0.6 is 17.1 Å². The molecule has 0 saturated heterocycles. The van der Waals surface area contributed by atoms with E-state index in [1.165, 1.54) is 86.7 Å². The Balaban J connectivity index is 0.00000512. The van der Waals surface area contributed by atoms with Gasteiger partial charge in [-0.15, -0.1) is 0 Å². The van der Waals surface area contributed by atoms with Crippen LogP contribution in [0.1, 0.15) is 89.2 Å². The zero-order chi connectivity index (χ0) is 22.4. The molecule has 1 atom stereocenters. The maximum Gasteiger partial charge on any atom is 0.299 e. The van der Waals surface area contributed by atoms with Gasteiger partial charge in [-0.3, -0.25) is 0 Å². The third kappa shape index (κ3) is 12.9. The van der Waals surface area contributed by atoms with Gasteiger partial charge in [0, 0.05) is 24.4 Å². The molecule has 0 saturated carbocycles. The van der Waals surface area contributed by atoms with Gasteiger partial charge in [-0.25, -0.2) is 0 Å². The topological polar surface area (TPSA) is 29.5 Å². The summed E-state index contributed by atoms with van der Waals surface area (Å²) >= 11 is 6.67. The van der Waals surface area contributed by atoms with Crippen molar-refractivity contribution in [2.45, 2.75) is 95.8 Å². The van der Waals surface area contributed by atoms with E-state index in [9.17, 15) is 4.89 Å². The van der Waals surface area contributed by atoms with Gasteiger partial charge in [0.2, 0.25) is 0 Å². The molecule has 2 rings (SSSR count).